The fourth-order valence-corrected chi connectivity index (χ4v) is 2.25. The van der Waals surface area contributed by atoms with Crippen LogP contribution < -0.4 is 14.8 Å². The number of anilines is 1. The van der Waals surface area contributed by atoms with Crippen molar-refractivity contribution in [1.29, 1.82) is 0 Å². The number of carbonyl (C=O) groups is 2. The molecule has 1 amide bonds. The van der Waals surface area contributed by atoms with E-state index in [4.69, 9.17) is 14.2 Å². The van der Waals surface area contributed by atoms with Crippen LogP contribution >= 0.6 is 0 Å². The molecule has 29 heavy (non-hydrogen) atoms. The molecular formula is C20H18F3NO5. The lowest BCUT2D eigenvalue weighted by Gasteiger charge is -2.13. The Morgan fingerprint density at radius 1 is 1.03 bits per heavy atom. The molecule has 2 rings (SSSR count). The number of ether oxygens (including phenoxy) is 3. The summed E-state index contributed by atoms with van der Waals surface area (Å²) >= 11 is 0. The standard InChI is InChI=1S/C20H18F3NO5/c1-11(20(26)24-15-7-6-14(21)18(22)19(15)23)29-17(25)9-4-12-10-13(27-2)5-8-16(12)28-3/h4-11H,1-3H3,(H,24,26)/b9-4+. The van der Waals surface area contributed by atoms with Crippen molar-refractivity contribution in [2.45, 2.75) is 13.0 Å². The van der Waals surface area contributed by atoms with Crippen LogP contribution in [0.4, 0.5) is 18.9 Å². The summed E-state index contributed by atoms with van der Waals surface area (Å²) in [6.07, 6.45) is 1.15. The number of nitrogens with one attached hydrogen (secondary N) is 1. The van der Waals surface area contributed by atoms with Crippen LogP contribution in [0.5, 0.6) is 11.5 Å². The highest BCUT2D eigenvalue weighted by Gasteiger charge is 2.20. The first-order chi connectivity index (χ1) is 13.8. The van der Waals surface area contributed by atoms with E-state index in [1.54, 1.807) is 18.2 Å². The maximum atomic E-state index is 13.6. The molecule has 0 heterocycles. The molecule has 2 aromatic rings. The lowest BCUT2D eigenvalue weighted by Crippen LogP contribution is -2.29. The van der Waals surface area contributed by atoms with Crippen molar-refractivity contribution in [1.82, 2.24) is 0 Å². The number of esters is 1. The quantitative estimate of drug-likeness (QED) is 0.429. The van der Waals surface area contributed by atoms with Gasteiger partial charge < -0.3 is 19.5 Å². The van der Waals surface area contributed by atoms with Crippen molar-refractivity contribution in [3.8, 4) is 11.5 Å². The summed E-state index contributed by atoms with van der Waals surface area (Å²) in [5, 5.41) is 2.03. The molecule has 1 N–H and O–H groups in total. The molecule has 0 spiro atoms. The largest absolute Gasteiger partial charge is 0.497 e. The summed E-state index contributed by atoms with van der Waals surface area (Å²) in [5.74, 6) is -5.42. The van der Waals surface area contributed by atoms with Crippen LogP contribution in [0.25, 0.3) is 6.08 Å². The van der Waals surface area contributed by atoms with E-state index >= 15 is 0 Å². The van der Waals surface area contributed by atoms with Gasteiger partial charge in [0, 0.05) is 11.6 Å². The van der Waals surface area contributed by atoms with E-state index in [2.05, 4.69) is 0 Å². The SMILES string of the molecule is COc1ccc(OC)c(/C=C/C(=O)OC(C)C(=O)Nc2ccc(F)c(F)c2F)c1. The number of rotatable bonds is 7. The van der Waals surface area contributed by atoms with Gasteiger partial charge in [0.1, 0.15) is 11.5 Å². The van der Waals surface area contributed by atoms with Crippen LogP contribution in [-0.2, 0) is 14.3 Å². The van der Waals surface area contributed by atoms with E-state index in [1.165, 1.54) is 27.2 Å². The smallest absolute Gasteiger partial charge is 0.331 e. The average molecular weight is 409 g/mol. The number of hydrogen-bond acceptors (Lipinski definition) is 5. The minimum atomic E-state index is -1.72. The monoisotopic (exact) mass is 409 g/mol. The predicted octanol–water partition coefficient (Wildman–Crippen LogP) is 3.70. The van der Waals surface area contributed by atoms with Crippen LogP contribution in [0.2, 0.25) is 0 Å². The first kappa shape index (κ1) is 21.8. The summed E-state index contributed by atoms with van der Waals surface area (Å²) in [7, 11) is 2.95. The average Bonchev–Trinajstić information content (AvgIpc) is 2.72. The number of halogens is 3. The van der Waals surface area contributed by atoms with Crippen molar-refractivity contribution in [2.24, 2.45) is 0 Å². The molecule has 0 saturated carbocycles. The Morgan fingerprint density at radius 3 is 2.41 bits per heavy atom. The molecule has 154 valence electrons. The van der Waals surface area contributed by atoms with Gasteiger partial charge in [0.05, 0.1) is 19.9 Å². The zero-order chi connectivity index (χ0) is 21.6. The molecule has 0 bridgehead atoms. The minimum Gasteiger partial charge on any atom is -0.497 e. The predicted molar refractivity (Wildman–Crippen MR) is 99.1 cm³/mol. The lowest BCUT2D eigenvalue weighted by atomic mass is 10.1. The summed E-state index contributed by atoms with van der Waals surface area (Å²) < 4.78 is 55.0. The lowest BCUT2D eigenvalue weighted by molar-refractivity contribution is -0.148. The summed E-state index contributed by atoms with van der Waals surface area (Å²) in [4.78, 5) is 24.0. The molecule has 0 aliphatic heterocycles. The van der Waals surface area contributed by atoms with E-state index < -0.39 is 41.1 Å². The van der Waals surface area contributed by atoms with Crippen molar-refractivity contribution in [2.75, 3.05) is 19.5 Å². The van der Waals surface area contributed by atoms with Crippen molar-refractivity contribution < 1.29 is 37.0 Å². The molecule has 1 atom stereocenters. The van der Waals surface area contributed by atoms with Crippen LogP contribution in [0.15, 0.2) is 36.4 Å². The van der Waals surface area contributed by atoms with E-state index in [9.17, 15) is 22.8 Å². The second-order valence-corrected chi connectivity index (χ2v) is 5.73. The summed E-state index contributed by atoms with van der Waals surface area (Å²) in [5.41, 5.74) is -0.0433. The van der Waals surface area contributed by atoms with Gasteiger partial charge in [-0.1, -0.05) is 0 Å². The van der Waals surface area contributed by atoms with E-state index in [-0.39, 0.29) is 0 Å². The molecule has 0 radical (unpaired) electrons. The molecule has 0 aliphatic rings. The van der Waals surface area contributed by atoms with Gasteiger partial charge in [-0.3, -0.25) is 4.79 Å². The van der Waals surface area contributed by atoms with E-state index in [1.807, 2.05) is 5.32 Å². The normalized spacial score (nSPS) is 11.8. The number of methoxy groups -OCH3 is 2. The fourth-order valence-electron chi connectivity index (χ4n) is 2.25. The molecule has 1 unspecified atom stereocenters. The van der Waals surface area contributed by atoms with Crippen LogP contribution in [-0.4, -0.2) is 32.2 Å². The highest BCUT2D eigenvalue weighted by molar-refractivity contribution is 5.96. The summed E-state index contributed by atoms with van der Waals surface area (Å²) in [6, 6.07) is 6.48. The highest BCUT2D eigenvalue weighted by Crippen LogP contribution is 2.25. The Bertz CT molecular complexity index is 946. The topological polar surface area (TPSA) is 73.9 Å². The Kier molecular flexibility index (Phi) is 7.24. The Hall–Kier alpha value is -3.49. The maximum Gasteiger partial charge on any atom is 0.331 e. The van der Waals surface area contributed by atoms with Crippen LogP contribution in [0.1, 0.15) is 12.5 Å². The maximum absolute atomic E-state index is 13.6. The number of amides is 1. The minimum absolute atomic E-state index is 0.481. The fraction of sp³-hybridized carbons (Fsp3) is 0.200. The van der Waals surface area contributed by atoms with Gasteiger partial charge in [-0.15, -0.1) is 0 Å². The van der Waals surface area contributed by atoms with E-state index in [0.717, 1.165) is 12.1 Å². The molecule has 0 fully saturated rings. The second kappa shape index (κ2) is 9.63. The van der Waals surface area contributed by atoms with E-state index in [0.29, 0.717) is 23.1 Å². The number of hydrogen-bond donors (Lipinski definition) is 1. The first-order valence-electron chi connectivity index (χ1n) is 8.32. The van der Waals surface area contributed by atoms with Gasteiger partial charge in [-0.2, -0.15) is 0 Å². The van der Waals surface area contributed by atoms with Gasteiger partial charge in [0.2, 0.25) is 0 Å². The number of carbonyl (C=O) groups excluding carboxylic acids is 2. The first-order valence-corrected chi connectivity index (χ1v) is 8.32. The Balaban J connectivity index is 2.02. The summed E-state index contributed by atoms with van der Waals surface area (Å²) in [6.45, 7) is 1.24. The Morgan fingerprint density at radius 2 is 1.76 bits per heavy atom. The molecule has 0 saturated heterocycles. The molecule has 9 heteroatoms. The van der Waals surface area contributed by atoms with Gasteiger partial charge >= 0.3 is 5.97 Å². The zero-order valence-electron chi connectivity index (χ0n) is 15.8. The molecule has 2 aromatic carbocycles. The van der Waals surface area contributed by atoms with Crippen LogP contribution in [0.3, 0.4) is 0 Å². The Labute approximate surface area is 164 Å². The molecule has 0 aromatic heterocycles. The third-order valence-corrected chi connectivity index (χ3v) is 3.79. The van der Waals surface area contributed by atoms with Gasteiger partial charge in [0.15, 0.2) is 23.6 Å². The molecule has 6 nitrogen and oxygen atoms in total. The highest BCUT2D eigenvalue weighted by atomic mass is 19.2. The van der Waals surface area contributed by atoms with Crippen LogP contribution in [0, 0.1) is 17.5 Å². The zero-order valence-corrected chi connectivity index (χ0v) is 15.8. The van der Waals surface area contributed by atoms with Crippen molar-refractivity contribution >= 4 is 23.6 Å². The molecular weight excluding hydrogens is 391 g/mol. The number of benzene rings is 2. The third-order valence-electron chi connectivity index (χ3n) is 3.79. The third kappa shape index (κ3) is 5.50. The van der Waals surface area contributed by atoms with Crippen molar-refractivity contribution in [3.05, 3.63) is 59.4 Å². The molecule has 0 aliphatic carbocycles. The van der Waals surface area contributed by atoms with Crippen molar-refractivity contribution in [3.63, 3.8) is 0 Å². The van der Waals surface area contributed by atoms with Gasteiger partial charge in [0.25, 0.3) is 5.91 Å². The second-order valence-electron chi connectivity index (χ2n) is 5.73. The van der Waals surface area contributed by atoms with Gasteiger partial charge in [-0.05, 0) is 43.3 Å². The van der Waals surface area contributed by atoms with Gasteiger partial charge in [-0.25, -0.2) is 18.0 Å².